The zero-order valence-corrected chi connectivity index (χ0v) is 10.7. The molecule has 0 aromatic carbocycles. The average molecular weight is 248 g/mol. The molecule has 4 heteroatoms. The Morgan fingerprint density at radius 2 is 2.00 bits per heavy atom. The Bertz CT molecular complexity index is 423. The first kappa shape index (κ1) is 11.9. The summed E-state index contributed by atoms with van der Waals surface area (Å²) in [5.74, 6) is 2.74. The van der Waals surface area contributed by atoms with Gasteiger partial charge in [0, 0.05) is 25.2 Å². The summed E-state index contributed by atoms with van der Waals surface area (Å²) in [5, 5.41) is 4.03. The van der Waals surface area contributed by atoms with Gasteiger partial charge in [-0.3, -0.25) is 4.79 Å². The smallest absolute Gasteiger partial charge is 0.227 e. The lowest BCUT2D eigenvalue weighted by Crippen LogP contribution is -2.21. The quantitative estimate of drug-likeness (QED) is 0.822. The molecule has 2 aliphatic rings. The Kier molecular flexibility index (Phi) is 3.43. The van der Waals surface area contributed by atoms with Gasteiger partial charge in [0.1, 0.15) is 5.78 Å². The van der Waals surface area contributed by atoms with E-state index in [1.807, 2.05) is 0 Å². The number of rotatable bonds is 4. The average Bonchev–Trinajstić information content (AvgIpc) is 2.75. The molecule has 1 atom stereocenters. The fraction of sp³-hybridized carbons (Fsp3) is 0.786. The van der Waals surface area contributed by atoms with Crippen LogP contribution >= 0.6 is 0 Å². The van der Waals surface area contributed by atoms with Gasteiger partial charge < -0.3 is 4.52 Å². The van der Waals surface area contributed by atoms with Crippen LogP contribution in [0.1, 0.15) is 56.7 Å². The van der Waals surface area contributed by atoms with E-state index in [4.69, 9.17) is 4.52 Å². The molecule has 2 saturated carbocycles. The minimum absolute atomic E-state index is 0.121. The second-order valence-corrected chi connectivity index (χ2v) is 5.72. The molecule has 1 aromatic rings. The van der Waals surface area contributed by atoms with Gasteiger partial charge in [-0.1, -0.05) is 30.8 Å². The van der Waals surface area contributed by atoms with Crippen LogP contribution in [-0.4, -0.2) is 15.9 Å². The maximum absolute atomic E-state index is 11.7. The highest BCUT2D eigenvalue weighted by Crippen LogP contribution is 2.29. The fourth-order valence-corrected chi connectivity index (χ4v) is 2.89. The minimum Gasteiger partial charge on any atom is -0.339 e. The molecule has 2 fully saturated rings. The maximum Gasteiger partial charge on any atom is 0.227 e. The Balaban J connectivity index is 1.56. The Morgan fingerprint density at radius 1 is 1.11 bits per heavy atom. The van der Waals surface area contributed by atoms with Crippen LogP contribution < -0.4 is 0 Å². The van der Waals surface area contributed by atoms with E-state index in [2.05, 4.69) is 10.1 Å². The largest absolute Gasteiger partial charge is 0.339 e. The zero-order valence-electron chi connectivity index (χ0n) is 10.7. The van der Waals surface area contributed by atoms with Crippen LogP contribution in [0.4, 0.5) is 0 Å². The highest BCUT2D eigenvalue weighted by atomic mass is 16.5. The van der Waals surface area contributed by atoms with Crippen LogP contribution in [0.25, 0.3) is 0 Å². The summed E-state index contributed by atoms with van der Waals surface area (Å²) in [6.45, 7) is 0. The molecule has 18 heavy (non-hydrogen) atoms. The first-order chi connectivity index (χ1) is 8.81. The topological polar surface area (TPSA) is 56.0 Å². The van der Waals surface area contributed by atoms with Gasteiger partial charge >= 0.3 is 0 Å². The maximum atomic E-state index is 11.7. The molecule has 0 amide bonds. The molecule has 1 aromatic heterocycles. The van der Waals surface area contributed by atoms with Crippen molar-refractivity contribution in [2.24, 2.45) is 11.8 Å². The van der Waals surface area contributed by atoms with E-state index in [1.54, 1.807) is 0 Å². The number of nitrogens with zero attached hydrogens (tertiary/aromatic N) is 2. The molecular weight excluding hydrogens is 228 g/mol. The fourth-order valence-electron chi connectivity index (χ4n) is 2.89. The Morgan fingerprint density at radius 3 is 2.72 bits per heavy atom. The SMILES string of the molecule is O=C1CCCCC1Cc1nc(CC2CCC2)no1. The van der Waals surface area contributed by atoms with Crippen molar-refractivity contribution in [1.82, 2.24) is 10.1 Å². The molecule has 3 rings (SSSR count). The van der Waals surface area contributed by atoms with E-state index >= 15 is 0 Å². The molecule has 0 aliphatic heterocycles. The molecule has 0 N–H and O–H groups in total. The van der Waals surface area contributed by atoms with Gasteiger partial charge in [0.15, 0.2) is 5.82 Å². The van der Waals surface area contributed by atoms with E-state index in [0.29, 0.717) is 18.1 Å². The third-order valence-electron chi connectivity index (χ3n) is 4.31. The third-order valence-corrected chi connectivity index (χ3v) is 4.31. The summed E-state index contributed by atoms with van der Waals surface area (Å²) in [6.07, 6.45) is 9.44. The normalized spacial score (nSPS) is 25.1. The van der Waals surface area contributed by atoms with Gasteiger partial charge in [-0.25, -0.2) is 0 Å². The van der Waals surface area contributed by atoms with Gasteiger partial charge in [0.25, 0.3) is 0 Å². The highest BCUT2D eigenvalue weighted by Gasteiger charge is 2.25. The van der Waals surface area contributed by atoms with Crippen molar-refractivity contribution >= 4 is 5.78 Å². The van der Waals surface area contributed by atoms with Crippen LogP contribution in [0.5, 0.6) is 0 Å². The van der Waals surface area contributed by atoms with Crippen LogP contribution in [-0.2, 0) is 17.6 Å². The van der Waals surface area contributed by atoms with Crippen molar-refractivity contribution in [2.45, 2.75) is 57.8 Å². The number of carbonyl (C=O) groups excluding carboxylic acids is 1. The van der Waals surface area contributed by atoms with Crippen molar-refractivity contribution < 1.29 is 9.32 Å². The molecule has 0 radical (unpaired) electrons. The number of aromatic nitrogens is 2. The summed E-state index contributed by atoms with van der Waals surface area (Å²) < 4.78 is 5.27. The first-order valence-corrected chi connectivity index (χ1v) is 7.15. The molecule has 0 bridgehead atoms. The molecule has 4 nitrogen and oxygen atoms in total. The van der Waals surface area contributed by atoms with Gasteiger partial charge in [-0.2, -0.15) is 4.98 Å². The van der Waals surface area contributed by atoms with Gasteiger partial charge in [0.05, 0.1) is 0 Å². The summed E-state index contributed by atoms with van der Waals surface area (Å²) in [7, 11) is 0. The van der Waals surface area contributed by atoms with E-state index in [-0.39, 0.29) is 5.92 Å². The minimum atomic E-state index is 0.121. The lowest BCUT2D eigenvalue weighted by Gasteiger charge is -2.23. The zero-order chi connectivity index (χ0) is 12.4. The summed E-state index contributed by atoms with van der Waals surface area (Å²) in [4.78, 5) is 16.2. The monoisotopic (exact) mass is 248 g/mol. The molecular formula is C14H20N2O2. The number of carbonyl (C=O) groups is 1. The molecule has 1 heterocycles. The van der Waals surface area contributed by atoms with Crippen molar-refractivity contribution in [3.63, 3.8) is 0 Å². The summed E-state index contributed by atoms with van der Waals surface area (Å²) >= 11 is 0. The van der Waals surface area contributed by atoms with E-state index < -0.39 is 0 Å². The molecule has 0 saturated heterocycles. The predicted octanol–water partition coefficient (Wildman–Crippen LogP) is 2.71. The Labute approximate surface area is 107 Å². The predicted molar refractivity (Wildman–Crippen MR) is 66.0 cm³/mol. The second kappa shape index (κ2) is 5.21. The van der Waals surface area contributed by atoms with Gasteiger partial charge in [0.2, 0.25) is 5.89 Å². The summed E-state index contributed by atoms with van der Waals surface area (Å²) in [6, 6.07) is 0. The van der Waals surface area contributed by atoms with Crippen molar-refractivity contribution in [3.05, 3.63) is 11.7 Å². The second-order valence-electron chi connectivity index (χ2n) is 5.72. The van der Waals surface area contributed by atoms with Crippen LogP contribution in [0, 0.1) is 11.8 Å². The van der Waals surface area contributed by atoms with Crippen LogP contribution in [0.3, 0.4) is 0 Å². The number of ketones is 1. The number of hydrogen-bond acceptors (Lipinski definition) is 4. The van der Waals surface area contributed by atoms with E-state index in [9.17, 15) is 4.79 Å². The Hall–Kier alpha value is -1.19. The van der Waals surface area contributed by atoms with E-state index in [0.717, 1.165) is 43.8 Å². The molecule has 98 valence electrons. The van der Waals surface area contributed by atoms with Crippen LogP contribution in [0.2, 0.25) is 0 Å². The van der Waals surface area contributed by atoms with E-state index in [1.165, 1.54) is 19.3 Å². The standard InChI is InChI=1S/C14H20N2O2/c17-12-7-2-1-6-11(12)9-14-15-13(16-18-14)8-10-4-3-5-10/h10-11H,1-9H2. The van der Waals surface area contributed by atoms with Gasteiger partial charge in [-0.15, -0.1) is 0 Å². The first-order valence-electron chi connectivity index (χ1n) is 7.15. The number of Topliss-reactive ketones (excluding diaryl/α,β-unsaturated/α-hetero) is 1. The van der Waals surface area contributed by atoms with Crippen LogP contribution in [0.15, 0.2) is 4.52 Å². The lowest BCUT2D eigenvalue weighted by molar-refractivity contribution is -0.124. The number of hydrogen-bond donors (Lipinski definition) is 0. The molecule has 2 aliphatic carbocycles. The molecule has 1 unspecified atom stereocenters. The van der Waals surface area contributed by atoms with Crippen molar-refractivity contribution in [1.29, 1.82) is 0 Å². The van der Waals surface area contributed by atoms with Gasteiger partial charge in [-0.05, 0) is 18.8 Å². The third kappa shape index (κ3) is 2.62. The highest BCUT2D eigenvalue weighted by molar-refractivity contribution is 5.81. The van der Waals surface area contributed by atoms with Crippen molar-refractivity contribution in [2.75, 3.05) is 0 Å². The summed E-state index contributed by atoms with van der Waals surface area (Å²) in [5.41, 5.74) is 0. The lowest BCUT2D eigenvalue weighted by atomic mass is 9.83. The molecule has 0 spiro atoms. The van der Waals surface area contributed by atoms with Crippen molar-refractivity contribution in [3.8, 4) is 0 Å².